The Morgan fingerprint density at radius 1 is 0.943 bits per heavy atom. The van der Waals surface area contributed by atoms with Crippen molar-refractivity contribution in [2.75, 3.05) is 30.0 Å². The van der Waals surface area contributed by atoms with Crippen LogP contribution < -0.4 is 14.5 Å². The van der Waals surface area contributed by atoms with E-state index in [9.17, 15) is 14.7 Å². The fourth-order valence-corrected chi connectivity index (χ4v) is 4.60. The maximum Gasteiger partial charge on any atom is 0.300 e. The summed E-state index contributed by atoms with van der Waals surface area (Å²) in [6, 6.07) is 21.3. The molecule has 0 aromatic heterocycles. The van der Waals surface area contributed by atoms with Crippen LogP contribution in [0.25, 0.3) is 5.76 Å². The molecule has 0 bridgehead atoms. The van der Waals surface area contributed by atoms with Crippen molar-refractivity contribution in [3.63, 3.8) is 0 Å². The van der Waals surface area contributed by atoms with Crippen molar-refractivity contribution in [2.45, 2.75) is 26.8 Å². The van der Waals surface area contributed by atoms with E-state index in [4.69, 9.17) is 4.74 Å². The van der Waals surface area contributed by atoms with Gasteiger partial charge in [0.1, 0.15) is 11.5 Å². The normalized spacial score (nSPS) is 17.0. The van der Waals surface area contributed by atoms with Crippen LogP contribution >= 0.6 is 0 Å². The van der Waals surface area contributed by atoms with Crippen molar-refractivity contribution in [2.24, 2.45) is 0 Å². The average Bonchev–Trinajstić information content (AvgIpc) is 3.15. The highest BCUT2D eigenvalue weighted by Crippen LogP contribution is 2.43. The van der Waals surface area contributed by atoms with Crippen LogP contribution in [0.1, 0.15) is 36.6 Å². The predicted octanol–water partition coefficient (Wildman–Crippen LogP) is 5.48. The first-order chi connectivity index (χ1) is 16.9. The quantitative estimate of drug-likeness (QED) is 0.281. The van der Waals surface area contributed by atoms with Gasteiger partial charge >= 0.3 is 0 Å². The zero-order valence-electron chi connectivity index (χ0n) is 20.5. The van der Waals surface area contributed by atoms with Gasteiger partial charge in [0.25, 0.3) is 11.7 Å². The number of aliphatic hydroxyl groups is 1. The molecule has 0 radical (unpaired) electrons. The molecule has 180 valence electrons. The van der Waals surface area contributed by atoms with Gasteiger partial charge in [-0.15, -0.1) is 0 Å². The highest BCUT2D eigenvalue weighted by molar-refractivity contribution is 6.51. The molecule has 3 aromatic carbocycles. The number of aliphatic hydroxyl groups excluding tert-OH is 1. The highest BCUT2D eigenvalue weighted by Gasteiger charge is 2.47. The van der Waals surface area contributed by atoms with Crippen LogP contribution in [0.4, 0.5) is 11.4 Å². The number of amides is 1. The topological polar surface area (TPSA) is 70.1 Å². The van der Waals surface area contributed by atoms with Crippen LogP contribution in [-0.4, -0.2) is 37.0 Å². The van der Waals surface area contributed by atoms with Gasteiger partial charge in [0.2, 0.25) is 0 Å². The summed E-state index contributed by atoms with van der Waals surface area (Å²) in [7, 11) is 1.56. The van der Waals surface area contributed by atoms with Gasteiger partial charge in [0.05, 0.1) is 18.7 Å². The molecular weight excluding hydrogens is 440 g/mol. The summed E-state index contributed by atoms with van der Waals surface area (Å²) in [5.74, 6) is -0.949. The number of anilines is 2. The molecular formula is C29H30N2O4. The Bertz CT molecular complexity index is 1260. The summed E-state index contributed by atoms with van der Waals surface area (Å²) in [5.41, 5.74) is 3.87. The summed E-state index contributed by atoms with van der Waals surface area (Å²) in [6.07, 6.45) is 0. The molecule has 1 atom stereocenters. The molecule has 3 aromatic rings. The van der Waals surface area contributed by atoms with Crippen molar-refractivity contribution < 1.29 is 19.4 Å². The van der Waals surface area contributed by atoms with E-state index in [-0.39, 0.29) is 11.3 Å². The van der Waals surface area contributed by atoms with E-state index in [1.165, 1.54) is 4.90 Å². The number of Topliss-reactive ketones (excluding diaryl/α,β-unsaturated/α-hetero) is 1. The molecule has 1 amide bonds. The molecule has 1 aliphatic rings. The third kappa shape index (κ3) is 4.39. The lowest BCUT2D eigenvalue weighted by molar-refractivity contribution is -0.132. The minimum absolute atomic E-state index is 0.0716. The van der Waals surface area contributed by atoms with E-state index in [2.05, 4.69) is 18.7 Å². The van der Waals surface area contributed by atoms with E-state index >= 15 is 0 Å². The summed E-state index contributed by atoms with van der Waals surface area (Å²) >= 11 is 0. The number of carbonyl (C=O) groups excluding carboxylic acids is 2. The van der Waals surface area contributed by atoms with Gasteiger partial charge < -0.3 is 14.7 Å². The number of benzene rings is 3. The fraction of sp³-hybridized carbons (Fsp3) is 0.241. The predicted molar refractivity (Wildman–Crippen MR) is 139 cm³/mol. The first-order valence-corrected chi connectivity index (χ1v) is 11.8. The molecule has 1 heterocycles. The number of carbonyl (C=O) groups is 2. The Hall–Kier alpha value is -4.06. The fourth-order valence-electron chi connectivity index (χ4n) is 4.60. The Kier molecular flexibility index (Phi) is 6.92. The van der Waals surface area contributed by atoms with Crippen LogP contribution in [0.15, 0.2) is 78.4 Å². The van der Waals surface area contributed by atoms with Gasteiger partial charge in [-0.05, 0) is 80.4 Å². The largest absolute Gasteiger partial charge is 0.507 e. The molecule has 1 saturated heterocycles. The van der Waals surface area contributed by atoms with Crippen LogP contribution in [0, 0.1) is 6.92 Å². The third-order valence-electron chi connectivity index (χ3n) is 6.55. The Morgan fingerprint density at radius 2 is 1.57 bits per heavy atom. The second kappa shape index (κ2) is 10.1. The van der Waals surface area contributed by atoms with Gasteiger partial charge in [-0.2, -0.15) is 0 Å². The minimum atomic E-state index is -0.752. The maximum absolute atomic E-state index is 13.4. The smallest absolute Gasteiger partial charge is 0.300 e. The molecule has 4 rings (SSSR count). The lowest BCUT2D eigenvalue weighted by Crippen LogP contribution is -2.30. The zero-order valence-corrected chi connectivity index (χ0v) is 20.5. The van der Waals surface area contributed by atoms with Crippen molar-refractivity contribution in [1.82, 2.24) is 0 Å². The monoisotopic (exact) mass is 470 g/mol. The van der Waals surface area contributed by atoms with Crippen molar-refractivity contribution in [1.29, 1.82) is 0 Å². The van der Waals surface area contributed by atoms with E-state index in [0.29, 0.717) is 17.0 Å². The molecule has 1 unspecified atom stereocenters. The van der Waals surface area contributed by atoms with Crippen LogP contribution in [0.3, 0.4) is 0 Å². The summed E-state index contributed by atoms with van der Waals surface area (Å²) in [4.78, 5) is 30.4. The van der Waals surface area contributed by atoms with Crippen LogP contribution in [-0.2, 0) is 9.59 Å². The standard InChI is InChI=1S/C29H30N2O4/c1-5-30(6-2)21-13-15-22(16-14-21)31-26(24-10-8-7-9-19(24)3)25(28(33)29(31)34)27(32)20-11-17-23(35-4)18-12-20/h7-18,26,32H,5-6H2,1-4H3/b27-25+. The molecule has 0 spiro atoms. The van der Waals surface area contributed by atoms with Gasteiger partial charge in [-0.3, -0.25) is 14.5 Å². The van der Waals surface area contributed by atoms with Crippen molar-refractivity contribution >= 4 is 28.8 Å². The van der Waals surface area contributed by atoms with E-state index in [1.54, 1.807) is 31.4 Å². The molecule has 0 saturated carbocycles. The molecule has 35 heavy (non-hydrogen) atoms. The van der Waals surface area contributed by atoms with Crippen molar-refractivity contribution in [3.8, 4) is 5.75 Å². The number of methoxy groups -OCH3 is 1. The Morgan fingerprint density at radius 3 is 2.14 bits per heavy atom. The van der Waals surface area contributed by atoms with E-state index in [1.807, 2.05) is 55.5 Å². The SMILES string of the molecule is CCN(CC)c1ccc(N2C(=O)C(=O)/C(=C(/O)c3ccc(OC)cc3)C2c2ccccc2C)cc1. The lowest BCUT2D eigenvalue weighted by atomic mass is 9.92. The number of ketones is 1. The van der Waals surface area contributed by atoms with Gasteiger partial charge in [0.15, 0.2) is 0 Å². The lowest BCUT2D eigenvalue weighted by Gasteiger charge is -2.27. The number of hydrogen-bond donors (Lipinski definition) is 1. The highest BCUT2D eigenvalue weighted by atomic mass is 16.5. The number of hydrogen-bond acceptors (Lipinski definition) is 5. The summed E-state index contributed by atoms with van der Waals surface area (Å²) in [6.45, 7) is 7.85. The van der Waals surface area contributed by atoms with E-state index in [0.717, 1.165) is 29.9 Å². The van der Waals surface area contributed by atoms with Gasteiger partial charge in [-0.25, -0.2) is 0 Å². The number of aryl methyl sites for hydroxylation is 1. The van der Waals surface area contributed by atoms with Gasteiger partial charge in [0, 0.05) is 30.0 Å². The molecule has 6 nitrogen and oxygen atoms in total. The Labute approximate surface area is 206 Å². The minimum Gasteiger partial charge on any atom is -0.507 e. The van der Waals surface area contributed by atoms with Crippen LogP contribution in [0.2, 0.25) is 0 Å². The molecule has 1 fully saturated rings. The molecule has 0 aliphatic carbocycles. The third-order valence-corrected chi connectivity index (χ3v) is 6.55. The zero-order chi connectivity index (χ0) is 25.1. The average molecular weight is 471 g/mol. The second-order valence-electron chi connectivity index (χ2n) is 8.44. The molecule has 1 aliphatic heterocycles. The maximum atomic E-state index is 13.4. The second-order valence-corrected chi connectivity index (χ2v) is 8.44. The van der Waals surface area contributed by atoms with E-state index < -0.39 is 17.7 Å². The number of ether oxygens (including phenoxy) is 1. The Balaban J connectivity index is 1.87. The number of rotatable bonds is 7. The van der Waals surface area contributed by atoms with Gasteiger partial charge in [-0.1, -0.05) is 24.3 Å². The first-order valence-electron chi connectivity index (χ1n) is 11.8. The van der Waals surface area contributed by atoms with Crippen LogP contribution in [0.5, 0.6) is 5.75 Å². The molecule has 6 heteroatoms. The van der Waals surface area contributed by atoms with Crippen molar-refractivity contribution in [3.05, 3.63) is 95.1 Å². The molecule has 1 N–H and O–H groups in total. The number of nitrogens with zero attached hydrogens (tertiary/aromatic N) is 2. The summed E-state index contributed by atoms with van der Waals surface area (Å²) < 4.78 is 5.21. The first kappa shape index (κ1) is 24.1. The summed E-state index contributed by atoms with van der Waals surface area (Å²) in [5, 5.41) is 11.3.